The lowest BCUT2D eigenvalue weighted by Gasteiger charge is -2.38. The summed E-state index contributed by atoms with van der Waals surface area (Å²) < 4.78 is 18.0. The second-order valence-corrected chi connectivity index (χ2v) is 9.75. The number of benzene rings is 2. The zero-order chi connectivity index (χ0) is 26.1. The molecule has 0 amide bonds. The van der Waals surface area contributed by atoms with Crippen LogP contribution in [0.2, 0.25) is 0 Å². The third kappa shape index (κ3) is 4.75. The van der Waals surface area contributed by atoms with Gasteiger partial charge < -0.3 is 19.2 Å². The number of nitrogens with one attached hydrogen (secondary N) is 1. The van der Waals surface area contributed by atoms with Gasteiger partial charge in [-0.15, -0.1) is 5.10 Å². The van der Waals surface area contributed by atoms with E-state index < -0.39 is 0 Å². The molecule has 11 nitrogen and oxygen atoms in total. The summed E-state index contributed by atoms with van der Waals surface area (Å²) in [5.74, 6) is 2.24. The Morgan fingerprint density at radius 2 is 1.92 bits per heavy atom. The Morgan fingerprint density at radius 3 is 2.76 bits per heavy atom. The van der Waals surface area contributed by atoms with Crippen LogP contribution in [0.5, 0.6) is 11.5 Å². The highest BCUT2D eigenvalue weighted by Crippen LogP contribution is 2.33. The number of hydrogen-bond acceptors (Lipinski definition) is 9. The van der Waals surface area contributed by atoms with E-state index in [1.54, 1.807) is 11.8 Å². The molecule has 1 N–H and O–H groups in total. The lowest BCUT2D eigenvalue weighted by atomic mass is 10.0. The lowest BCUT2D eigenvalue weighted by molar-refractivity contribution is 0.0984. The van der Waals surface area contributed by atoms with Crippen molar-refractivity contribution in [1.82, 2.24) is 35.0 Å². The normalized spacial score (nSPS) is 16.8. The monoisotopic (exact) mass is 517 g/mol. The van der Waals surface area contributed by atoms with Crippen LogP contribution in [0, 0.1) is 6.92 Å². The van der Waals surface area contributed by atoms with E-state index in [1.165, 1.54) is 5.56 Å². The lowest BCUT2D eigenvalue weighted by Crippen LogP contribution is -2.48. The quantitative estimate of drug-likeness (QED) is 0.376. The Hall–Kier alpha value is -3.80. The van der Waals surface area contributed by atoms with Crippen LogP contribution >= 0.6 is 0 Å². The maximum absolute atomic E-state index is 13.5. The number of methoxy groups -OCH3 is 1. The Balaban J connectivity index is 1.28. The largest absolute Gasteiger partial charge is 0.454 e. The predicted molar refractivity (Wildman–Crippen MR) is 140 cm³/mol. The molecule has 1 fully saturated rings. The highest BCUT2D eigenvalue weighted by atomic mass is 16.7. The second-order valence-electron chi connectivity index (χ2n) is 9.75. The summed E-state index contributed by atoms with van der Waals surface area (Å²) in [6.45, 7) is 7.28. The second kappa shape index (κ2) is 10.5. The van der Waals surface area contributed by atoms with Gasteiger partial charge in [0.2, 0.25) is 6.79 Å². The summed E-state index contributed by atoms with van der Waals surface area (Å²) in [4.78, 5) is 21.3. The highest BCUT2D eigenvalue weighted by molar-refractivity contribution is 5.82. The molecule has 4 aromatic rings. The zero-order valence-corrected chi connectivity index (χ0v) is 21.6. The zero-order valence-electron chi connectivity index (χ0n) is 21.6. The number of fused-ring (bicyclic) bond motifs is 2. The summed E-state index contributed by atoms with van der Waals surface area (Å²) in [5.41, 5.74) is 3.59. The molecule has 0 aliphatic carbocycles. The third-order valence-corrected chi connectivity index (χ3v) is 7.34. The van der Waals surface area contributed by atoms with E-state index in [4.69, 9.17) is 14.2 Å². The van der Waals surface area contributed by atoms with Gasteiger partial charge >= 0.3 is 0 Å². The van der Waals surface area contributed by atoms with Crippen LogP contribution in [0.1, 0.15) is 28.6 Å². The van der Waals surface area contributed by atoms with Crippen LogP contribution in [0.15, 0.2) is 47.3 Å². The molecular formula is C27H31N7O4. The molecule has 2 aromatic carbocycles. The highest BCUT2D eigenvalue weighted by Gasteiger charge is 2.33. The fourth-order valence-corrected chi connectivity index (χ4v) is 5.32. The molecule has 6 rings (SSSR count). The van der Waals surface area contributed by atoms with Crippen LogP contribution in [-0.2, 0) is 17.8 Å². The van der Waals surface area contributed by atoms with Crippen molar-refractivity contribution in [3.05, 3.63) is 75.3 Å². The van der Waals surface area contributed by atoms with Crippen LogP contribution in [0.3, 0.4) is 0 Å². The van der Waals surface area contributed by atoms with Crippen LogP contribution in [0.25, 0.3) is 10.9 Å². The fourth-order valence-electron chi connectivity index (χ4n) is 5.32. The minimum Gasteiger partial charge on any atom is -0.454 e. The van der Waals surface area contributed by atoms with Crippen molar-refractivity contribution in [3.63, 3.8) is 0 Å². The fraction of sp³-hybridized carbons (Fsp3) is 0.407. The smallest absolute Gasteiger partial charge is 0.253 e. The average molecular weight is 518 g/mol. The molecule has 4 heterocycles. The van der Waals surface area contributed by atoms with E-state index in [-0.39, 0.29) is 18.4 Å². The first-order valence-corrected chi connectivity index (χ1v) is 12.8. The van der Waals surface area contributed by atoms with Gasteiger partial charge in [0.1, 0.15) is 6.04 Å². The minimum absolute atomic E-state index is 0.124. The molecule has 1 atom stereocenters. The number of hydrogen-bond donors (Lipinski definition) is 1. The number of para-hydroxylation sites is 1. The predicted octanol–water partition coefficient (Wildman–Crippen LogP) is 2.11. The van der Waals surface area contributed by atoms with Gasteiger partial charge in [0.25, 0.3) is 5.56 Å². The molecule has 198 valence electrons. The number of rotatable bonds is 8. The average Bonchev–Trinajstić information content (AvgIpc) is 3.59. The van der Waals surface area contributed by atoms with Gasteiger partial charge in [-0.1, -0.05) is 24.3 Å². The molecule has 1 saturated heterocycles. The Bertz CT molecular complexity index is 1490. The number of H-pyrrole nitrogens is 1. The van der Waals surface area contributed by atoms with E-state index in [1.807, 2.05) is 37.3 Å². The number of aromatic amines is 1. The Morgan fingerprint density at radius 1 is 1.08 bits per heavy atom. The van der Waals surface area contributed by atoms with Crippen LogP contribution < -0.4 is 15.0 Å². The van der Waals surface area contributed by atoms with Crippen molar-refractivity contribution in [2.75, 3.05) is 46.7 Å². The van der Waals surface area contributed by atoms with Gasteiger partial charge in [-0.25, -0.2) is 4.68 Å². The molecule has 2 aliphatic rings. The summed E-state index contributed by atoms with van der Waals surface area (Å²) in [6.07, 6.45) is 0. The van der Waals surface area contributed by atoms with Gasteiger partial charge in [0.15, 0.2) is 17.3 Å². The molecule has 0 saturated carbocycles. The summed E-state index contributed by atoms with van der Waals surface area (Å²) in [5, 5.41) is 13.5. The maximum atomic E-state index is 13.5. The SMILES string of the molecule is COCCn1nnnc1[C@H](c1cc2cccc(C)c2[nH]c1=O)N1CCN(Cc2ccc3c(c2)OCO3)CC1. The van der Waals surface area contributed by atoms with Crippen molar-refractivity contribution in [1.29, 1.82) is 0 Å². The van der Waals surface area contributed by atoms with E-state index in [2.05, 4.69) is 42.4 Å². The number of aromatic nitrogens is 5. The molecular weight excluding hydrogens is 486 g/mol. The standard InChI is InChI=1S/C27H31N7O4/c1-18-4-3-5-20-15-21(27(35)28-24(18)20)25(26-29-30-31-34(26)12-13-36-2)33-10-8-32(9-11-33)16-19-6-7-22-23(14-19)38-17-37-22/h3-7,14-15,25H,8-13,16-17H2,1-2H3,(H,28,35)/t25-/m0/s1. The molecule has 0 unspecified atom stereocenters. The van der Waals surface area contributed by atoms with Gasteiger partial charge in [0.05, 0.1) is 18.7 Å². The first-order chi connectivity index (χ1) is 18.6. The van der Waals surface area contributed by atoms with Crippen LogP contribution in [0.4, 0.5) is 0 Å². The molecule has 2 aliphatic heterocycles. The van der Waals surface area contributed by atoms with Crippen molar-refractivity contribution in [3.8, 4) is 11.5 Å². The first-order valence-electron chi connectivity index (χ1n) is 12.8. The van der Waals surface area contributed by atoms with Crippen molar-refractivity contribution in [2.24, 2.45) is 0 Å². The Kier molecular flexibility index (Phi) is 6.79. The molecule has 0 bridgehead atoms. The molecule has 38 heavy (non-hydrogen) atoms. The van der Waals surface area contributed by atoms with Gasteiger partial charge in [-0.3, -0.25) is 14.6 Å². The van der Waals surface area contributed by atoms with Gasteiger partial charge in [-0.05, 0) is 52.1 Å². The summed E-state index contributed by atoms with van der Waals surface area (Å²) in [7, 11) is 1.65. The van der Waals surface area contributed by atoms with E-state index in [0.717, 1.165) is 60.7 Å². The summed E-state index contributed by atoms with van der Waals surface area (Å²) >= 11 is 0. The van der Waals surface area contributed by atoms with E-state index >= 15 is 0 Å². The van der Waals surface area contributed by atoms with Crippen molar-refractivity contribution in [2.45, 2.75) is 26.1 Å². The number of ether oxygens (including phenoxy) is 3. The third-order valence-electron chi connectivity index (χ3n) is 7.34. The molecule has 2 aromatic heterocycles. The molecule has 0 radical (unpaired) electrons. The minimum atomic E-state index is -0.386. The first kappa shape index (κ1) is 24.5. The number of aryl methyl sites for hydroxylation is 1. The number of pyridine rings is 1. The Labute approximate surface area is 219 Å². The molecule has 0 spiro atoms. The number of nitrogens with zero attached hydrogens (tertiary/aromatic N) is 6. The maximum Gasteiger partial charge on any atom is 0.253 e. The van der Waals surface area contributed by atoms with Crippen molar-refractivity contribution >= 4 is 10.9 Å². The number of tetrazole rings is 1. The van der Waals surface area contributed by atoms with Gasteiger partial charge in [-0.2, -0.15) is 0 Å². The van der Waals surface area contributed by atoms with E-state index in [0.29, 0.717) is 24.5 Å². The van der Waals surface area contributed by atoms with E-state index in [9.17, 15) is 4.79 Å². The summed E-state index contributed by atoms with van der Waals surface area (Å²) in [6, 6.07) is 13.7. The van der Waals surface area contributed by atoms with Gasteiger partial charge in [0, 0.05) is 45.4 Å². The van der Waals surface area contributed by atoms with Crippen LogP contribution in [-0.4, -0.2) is 81.7 Å². The number of piperazine rings is 1. The molecule has 11 heteroatoms. The topological polar surface area (TPSA) is 111 Å². The van der Waals surface area contributed by atoms with Crippen molar-refractivity contribution < 1.29 is 14.2 Å².